The first-order valence-electron chi connectivity index (χ1n) is 11.6. The highest BCUT2D eigenvalue weighted by molar-refractivity contribution is 7.84. The van der Waals surface area contributed by atoms with Crippen molar-refractivity contribution >= 4 is 27.6 Å². The molecule has 1 fully saturated rings. The number of rotatable bonds is 5. The Labute approximate surface area is 211 Å². The average Bonchev–Trinajstić information content (AvgIpc) is 3.28. The van der Waals surface area contributed by atoms with Gasteiger partial charge in [-0.05, 0) is 43.7 Å². The number of pyridine rings is 1. The summed E-state index contributed by atoms with van der Waals surface area (Å²) >= 11 is 0. The Morgan fingerprint density at radius 1 is 1.08 bits per heavy atom. The number of ether oxygens (including phenoxy) is 1. The largest absolute Gasteiger partial charge is 0.386 e. The number of aromatic nitrogens is 4. The molecule has 0 saturated carbocycles. The van der Waals surface area contributed by atoms with E-state index in [4.69, 9.17) is 4.74 Å². The Bertz CT molecular complexity index is 1450. The van der Waals surface area contributed by atoms with Gasteiger partial charge in [0.25, 0.3) is 5.91 Å². The summed E-state index contributed by atoms with van der Waals surface area (Å²) < 4.78 is 19.6. The van der Waals surface area contributed by atoms with Crippen LogP contribution in [0.2, 0.25) is 0 Å². The first kappa shape index (κ1) is 24.2. The van der Waals surface area contributed by atoms with Gasteiger partial charge in [-0.25, -0.2) is 9.97 Å². The second-order valence-corrected chi connectivity index (χ2v) is 10.6. The number of fused-ring (bicyclic) bond motifs is 1. The third kappa shape index (κ3) is 4.67. The summed E-state index contributed by atoms with van der Waals surface area (Å²) in [5.74, 6) is 0.316. The van der Waals surface area contributed by atoms with Crippen molar-refractivity contribution in [2.75, 3.05) is 32.6 Å². The van der Waals surface area contributed by atoms with E-state index >= 15 is 0 Å². The van der Waals surface area contributed by atoms with Gasteiger partial charge in [0, 0.05) is 60.6 Å². The van der Waals surface area contributed by atoms with Crippen molar-refractivity contribution in [3.05, 3.63) is 66.2 Å². The summed E-state index contributed by atoms with van der Waals surface area (Å²) in [4.78, 5) is 29.0. The van der Waals surface area contributed by atoms with E-state index in [9.17, 15) is 14.1 Å². The molecule has 10 heteroatoms. The summed E-state index contributed by atoms with van der Waals surface area (Å²) in [5, 5.41) is 11.1. The Kier molecular flexibility index (Phi) is 6.42. The molecule has 4 heterocycles. The number of morpholine rings is 1. The monoisotopic (exact) mass is 505 g/mol. The molecule has 3 aromatic heterocycles. The number of amides is 1. The minimum Gasteiger partial charge on any atom is -0.386 e. The number of carbonyl (C=O) groups is 1. The first-order valence-corrected chi connectivity index (χ1v) is 13.2. The number of carbonyl (C=O) groups excluding carboxylic acids is 1. The van der Waals surface area contributed by atoms with Crippen LogP contribution in [-0.4, -0.2) is 72.2 Å². The number of aliphatic hydroxyl groups is 1. The molecular weight excluding hydrogens is 478 g/mol. The Morgan fingerprint density at radius 3 is 2.47 bits per heavy atom. The quantitative estimate of drug-likeness (QED) is 0.444. The van der Waals surface area contributed by atoms with Crippen LogP contribution in [0.4, 0.5) is 0 Å². The van der Waals surface area contributed by atoms with Crippen molar-refractivity contribution in [3.8, 4) is 17.2 Å². The van der Waals surface area contributed by atoms with Crippen molar-refractivity contribution in [1.82, 2.24) is 24.4 Å². The maximum atomic E-state index is 13.1. The molecule has 1 unspecified atom stereocenters. The minimum absolute atomic E-state index is 0.0684. The number of hydrogen-bond donors (Lipinski definition) is 1. The highest BCUT2D eigenvalue weighted by atomic mass is 32.2. The lowest BCUT2D eigenvalue weighted by Gasteiger charge is -2.26. The standard InChI is InChI=1S/C26H27N5O4S/c1-26(2,33)19-6-7-27-21(13-19)18-14-28-25(29-15-18)31-16-23(36(3)34)20-5-4-17(12-22(20)31)24(32)30-8-10-35-11-9-30/h4-7,12-16,33H,8-11H2,1-3H3. The predicted octanol–water partition coefficient (Wildman–Crippen LogP) is 2.92. The van der Waals surface area contributed by atoms with E-state index in [0.29, 0.717) is 59.5 Å². The molecule has 0 bridgehead atoms. The molecule has 0 radical (unpaired) electrons. The summed E-state index contributed by atoms with van der Waals surface area (Å²) in [6.07, 6.45) is 8.35. The van der Waals surface area contributed by atoms with Crippen LogP contribution in [0.5, 0.6) is 0 Å². The third-order valence-electron chi connectivity index (χ3n) is 6.24. The predicted molar refractivity (Wildman–Crippen MR) is 136 cm³/mol. The smallest absolute Gasteiger partial charge is 0.254 e. The zero-order valence-corrected chi connectivity index (χ0v) is 21.2. The van der Waals surface area contributed by atoms with Gasteiger partial charge < -0.3 is 14.7 Å². The van der Waals surface area contributed by atoms with Gasteiger partial charge in [-0.2, -0.15) is 0 Å². The van der Waals surface area contributed by atoms with Crippen LogP contribution in [0.15, 0.2) is 60.0 Å². The van der Waals surface area contributed by atoms with Crippen LogP contribution in [-0.2, 0) is 21.1 Å². The molecule has 1 atom stereocenters. The molecule has 1 N–H and O–H groups in total. The van der Waals surface area contributed by atoms with Crippen LogP contribution in [0, 0.1) is 0 Å². The van der Waals surface area contributed by atoms with E-state index in [1.807, 2.05) is 12.1 Å². The Hall–Kier alpha value is -3.47. The summed E-state index contributed by atoms with van der Waals surface area (Å²) in [5.41, 5.74) is 2.33. The fraction of sp³-hybridized carbons (Fsp3) is 0.308. The molecule has 1 aliphatic heterocycles. The van der Waals surface area contributed by atoms with E-state index in [1.54, 1.807) is 72.6 Å². The van der Waals surface area contributed by atoms with Crippen molar-refractivity contribution in [3.63, 3.8) is 0 Å². The molecule has 186 valence electrons. The van der Waals surface area contributed by atoms with Crippen LogP contribution >= 0.6 is 0 Å². The van der Waals surface area contributed by atoms with E-state index in [1.165, 1.54) is 0 Å². The molecular formula is C26H27N5O4S. The lowest BCUT2D eigenvalue weighted by molar-refractivity contribution is 0.0303. The molecule has 1 aliphatic rings. The molecule has 0 spiro atoms. The number of benzene rings is 1. The second kappa shape index (κ2) is 9.53. The van der Waals surface area contributed by atoms with Crippen molar-refractivity contribution in [2.45, 2.75) is 24.3 Å². The Morgan fingerprint density at radius 2 is 1.81 bits per heavy atom. The van der Waals surface area contributed by atoms with E-state index in [-0.39, 0.29) is 5.91 Å². The number of nitrogens with zero attached hydrogens (tertiary/aromatic N) is 5. The minimum atomic E-state index is -1.25. The van der Waals surface area contributed by atoms with Crippen molar-refractivity contribution in [1.29, 1.82) is 0 Å². The van der Waals surface area contributed by atoms with Gasteiger partial charge in [-0.1, -0.05) is 6.07 Å². The lowest BCUT2D eigenvalue weighted by Crippen LogP contribution is -2.40. The van der Waals surface area contributed by atoms with Crippen LogP contribution in [0.3, 0.4) is 0 Å². The van der Waals surface area contributed by atoms with Crippen LogP contribution in [0.1, 0.15) is 29.8 Å². The molecule has 1 saturated heterocycles. The third-order valence-corrected chi connectivity index (χ3v) is 7.18. The van der Waals surface area contributed by atoms with Gasteiger partial charge in [-0.3, -0.25) is 18.6 Å². The van der Waals surface area contributed by atoms with Crippen molar-refractivity contribution in [2.24, 2.45) is 0 Å². The van der Waals surface area contributed by atoms with Crippen LogP contribution in [0.25, 0.3) is 28.1 Å². The maximum Gasteiger partial charge on any atom is 0.254 e. The fourth-order valence-electron chi connectivity index (χ4n) is 4.22. The summed E-state index contributed by atoms with van der Waals surface area (Å²) in [6.45, 7) is 5.59. The van der Waals surface area contributed by atoms with Crippen LogP contribution < -0.4 is 0 Å². The van der Waals surface area contributed by atoms with Gasteiger partial charge in [0.15, 0.2) is 0 Å². The maximum absolute atomic E-state index is 13.1. The normalized spacial score (nSPS) is 15.3. The van der Waals surface area contributed by atoms with Gasteiger partial charge in [-0.15, -0.1) is 0 Å². The Balaban J connectivity index is 1.54. The first-order chi connectivity index (χ1) is 17.2. The average molecular weight is 506 g/mol. The van der Waals surface area contributed by atoms with Gasteiger partial charge in [0.2, 0.25) is 5.95 Å². The molecule has 9 nitrogen and oxygen atoms in total. The molecule has 1 amide bonds. The van der Waals surface area contributed by atoms with E-state index < -0.39 is 16.4 Å². The van der Waals surface area contributed by atoms with Gasteiger partial charge in [0.1, 0.15) is 0 Å². The zero-order chi connectivity index (χ0) is 25.4. The van der Waals surface area contributed by atoms with Gasteiger partial charge in [0.05, 0.1) is 45.7 Å². The molecule has 4 aromatic rings. The molecule has 0 aliphatic carbocycles. The van der Waals surface area contributed by atoms with Gasteiger partial charge >= 0.3 is 0 Å². The zero-order valence-electron chi connectivity index (χ0n) is 20.3. The van der Waals surface area contributed by atoms with E-state index in [0.717, 1.165) is 10.9 Å². The fourth-order valence-corrected chi connectivity index (χ4v) is 4.96. The van der Waals surface area contributed by atoms with E-state index in [2.05, 4.69) is 15.0 Å². The van der Waals surface area contributed by atoms with Crippen molar-refractivity contribution < 1.29 is 18.8 Å². The molecule has 36 heavy (non-hydrogen) atoms. The molecule has 1 aromatic carbocycles. The second-order valence-electron chi connectivity index (χ2n) is 9.21. The highest BCUT2D eigenvalue weighted by Crippen LogP contribution is 2.29. The number of hydrogen-bond acceptors (Lipinski definition) is 7. The highest BCUT2D eigenvalue weighted by Gasteiger charge is 2.22. The molecule has 5 rings (SSSR count). The summed E-state index contributed by atoms with van der Waals surface area (Å²) in [6, 6.07) is 8.98. The topological polar surface area (TPSA) is 110 Å². The lowest BCUT2D eigenvalue weighted by atomic mass is 9.98. The summed E-state index contributed by atoms with van der Waals surface area (Å²) in [7, 11) is -1.25. The SMILES string of the molecule is CS(=O)c1cn(-c2ncc(-c3cc(C(C)(C)O)ccn3)cn2)c2cc(C(=O)N3CCOCC3)ccc12.